The summed E-state index contributed by atoms with van der Waals surface area (Å²) in [5.41, 5.74) is 0.212. The molecular weight excluding hydrogens is 210 g/mol. The lowest BCUT2D eigenvalue weighted by molar-refractivity contribution is 0.143. The molecule has 1 rings (SSSR count). The number of imide groups is 1. The Morgan fingerprint density at radius 1 is 1.25 bits per heavy atom. The van der Waals surface area contributed by atoms with Gasteiger partial charge >= 0.3 is 12.2 Å². The normalized spacial score (nSPS) is 9.56. The molecule has 1 aromatic rings. The molecule has 0 bridgehead atoms. The first kappa shape index (κ1) is 12.0. The van der Waals surface area contributed by atoms with Crippen molar-refractivity contribution >= 4 is 17.9 Å². The van der Waals surface area contributed by atoms with Crippen LogP contribution >= 0.6 is 0 Å². The molecule has 0 saturated carbocycles. The molecule has 5 heteroatoms. The van der Waals surface area contributed by atoms with E-state index < -0.39 is 12.2 Å². The van der Waals surface area contributed by atoms with Crippen molar-refractivity contribution in [3.05, 3.63) is 30.3 Å². The number of nitrogens with zero attached hydrogens (tertiary/aromatic N) is 1. The predicted molar refractivity (Wildman–Crippen MR) is 56.6 cm³/mol. The summed E-state index contributed by atoms with van der Waals surface area (Å²) in [5.74, 6) is 0. The number of ether oxygens (including phenoxy) is 1. The van der Waals surface area contributed by atoms with E-state index in [2.05, 4.69) is 0 Å². The van der Waals surface area contributed by atoms with Crippen LogP contribution in [0.5, 0.6) is 0 Å². The standard InChI is InChI=1S/C11H12NO4/c1-2-8-16-11(15)12(10(13)14)9-6-4-3-5-7-9/h3-7H,2,8H2,1H3. The minimum atomic E-state index is -1.60. The zero-order valence-corrected chi connectivity index (χ0v) is 8.88. The molecule has 0 aromatic heterocycles. The molecule has 0 fully saturated rings. The number of carbonyl (C=O) groups is 2. The van der Waals surface area contributed by atoms with Crippen LogP contribution in [0, 0.1) is 0 Å². The maximum absolute atomic E-state index is 11.4. The van der Waals surface area contributed by atoms with Crippen LogP contribution in [-0.2, 0) is 9.84 Å². The van der Waals surface area contributed by atoms with Crippen LogP contribution < -0.4 is 4.90 Å². The van der Waals surface area contributed by atoms with Gasteiger partial charge in [0, 0.05) is 0 Å². The van der Waals surface area contributed by atoms with E-state index in [4.69, 9.17) is 4.74 Å². The van der Waals surface area contributed by atoms with Crippen molar-refractivity contribution in [2.24, 2.45) is 0 Å². The summed E-state index contributed by atoms with van der Waals surface area (Å²) < 4.78 is 4.74. The van der Waals surface area contributed by atoms with Crippen LogP contribution in [0.2, 0.25) is 0 Å². The molecular formula is C11H12NO4. The Bertz CT molecular complexity index is 364. The summed E-state index contributed by atoms with van der Waals surface area (Å²) in [5, 5.41) is 10.8. The molecule has 2 amide bonds. The predicted octanol–water partition coefficient (Wildman–Crippen LogP) is 2.59. The highest BCUT2D eigenvalue weighted by Gasteiger charge is 2.25. The molecule has 0 unspecified atom stereocenters. The molecule has 5 nitrogen and oxygen atoms in total. The van der Waals surface area contributed by atoms with Gasteiger partial charge in [-0.15, -0.1) is 0 Å². The van der Waals surface area contributed by atoms with Gasteiger partial charge in [-0.2, -0.15) is 4.90 Å². The Kier molecular flexibility index (Phi) is 4.32. The van der Waals surface area contributed by atoms with Crippen molar-refractivity contribution in [2.75, 3.05) is 11.5 Å². The van der Waals surface area contributed by atoms with Crippen LogP contribution in [0.1, 0.15) is 13.3 Å². The molecule has 16 heavy (non-hydrogen) atoms. The Morgan fingerprint density at radius 2 is 1.88 bits per heavy atom. The molecule has 0 saturated heterocycles. The lowest BCUT2D eigenvalue weighted by atomic mass is 10.3. The minimum Gasteiger partial charge on any atom is -0.449 e. The van der Waals surface area contributed by atoms with Gasteiger partial charge in [0.05, 0.1) is 12.3 Å². The van der Waals surface area contributed by atoms with E-state index in [9.17, 15) is 14.7 Å². The number of amides is 2. The minimum absolute atomic E-state index is 0.176. The van der Waals surface area contributed by atoms with Gasteiger partial charge in [-0.1, -0.05) is 25.1 Å². The fourth-order valence-corrected chi connectivity index (χ4v) is 1.12. The Morgan fingerprint density at radius 3 is 2.38 bits per heavy atom. The zero-order valence-electron chi connectivity index (χ0n) is 8.88. The first-order valence-corrected chi connectivity index (χ1v) is 4.89. The lowest BCUT2D eigenvalue weighted by Crippen LogP contribution is -2.35. The van der Waals surface area contributed by atoms with Gasteiger partial charge in [0.15, 0.2) is 0 Å². The third kappa shape index (κ3) is 2.98. The Hall–Kier alpha value is -2.04. The van der Waals surface area contributed by atoms with Crippen molar-refractivity contribution in [1.82, 2.24) is 0 Å². The average Bonchev–Trinajstić information content (AvgIpc) is 2.27. The number of hydrogen-bond donors (Lipinski definition) is 0. The van der Waals surface area contributed by atoms with Gasteiger partial charge < -0.3 is 4.74 Å². The van der Waals surface area contributed by atoms with E-state index in [1.807, 2.05) is 6.92 Å². The molecule has 0 N–H and O–H groups in total. The number of benzene rings is 1. The number of para-hydroxylation sites is 1. The summed E-state index contributed by atoms with van der Waals surface area (Å²) in [6, 6.07) is 7.94. The first-order valence-electron chi connectivity index (χ1n) is 4.89. The summed E-state index contributed by atoms with van der Waals surface area (Å²) in [7, 11) is 0. The van der Waals surface area contributed by atoms with E-state index in [0.29, 0.717) is 11.3 Å². The monoisotopic (exact) mass is 222 g/mol. The van der Waals surface area contributed by atoms with Crippen molar-refractivity contribution < 1.29 is 19.4 Å². The first-order chi connectivity index (χ1) is 7.66. The summed E-state index contributed by atoms with van der Waals surface area (Å²) in [4.78, 5) is 22.7. The third-order valence-electron chi connectivity index (χ3n) is 1.81. The maximum atomic E-state index is 11.4. The summed E-state index contributed by atoms with van der Waals surface area (Å²) in [6.45, 7) is 1.99. The molecule has 0 atom stereocenters. The summed E-state index contributed by atoms with van der Waals surface area (Å²) in [6.07, 6.45) is -1.91. The summed E-state index contributed by atoms with van der Waals surface area (Å²) >= 11 is 0. The average molecular weight is 222 g/mol. The molecule has 1 radical (unpaired) electrons. The van der Waals surface area contributed by atoms with Crippen LogP contribution in [0.15, 0.2) is 30.3 Å². The fourth-order valence-electron chi connectivity index (χ4n) is 1.12. The van der Waals surface area contributed by atoms with Gasteiger partial charge in [0.1, 0.15) is 0 Å². The number of anilines is 1. The van der Waals surface area contributed by atoms with E-state index in [1.54, 1.807) is 18.2 Å². The van der Waals surface area contributed by atoms with Gasteiger partial charge in [-0.25, -0.2) is 14.7 Å². The zero-order chi connectivity index (χ0) is 12.0. The molecule has 0 aliphatic heterocycles. The van der Waals surface area contributed by atoms with E-state index in [-0.39, 0.29) is 12.3 Å². The molecule has 0 heterocycles. The number of rotatable bonds is 3. The quantitative estimate of drug-likeness (QED) is 0.789. The van der Waals surface area contributed by atoms with Crippen molar-refractivity contribution in [1.29, 1.82) is 0 Å². The van der Waals surface area contributed by atoms with Gasteiger partial charge in [0.25, 0.3) is 0 Å². The second kappa shape index (κ2) is 5.75. The van der Waals surface area contributed by atoms with E-state index in [0.717, 1.165) is 0 Å². The highest BCUT2D eigenvalue weighted by molar-refractivity contribution is 6.08. The van der Waals surface area contributed by atoms with Crippen LogP contribution in [0.25, 0.3) is 0 Å². The second-order valence-electron chi connectivity index (χ2n) is 3.05. The van der Waals surface area contributed by atoms with Crippen molar-refractivity contribution in [3.8, 4) is 0 Å². The highest BCUT2D eigenvalue weighted by Crippen LogP contribution is 2.14. The fraction of sp³-hybridized carbons (Fsp3) is 0.273. The molecule has 0 spiro atoms. The highest BCUT2D eigenvalue weighted by atomic mass is 16.6. The smallest absolute Gasteiger partial charge is 0.449 e. The molecule has 0 aliphatic carbocycles. The molecule has 85 valence electrons. The number of hydrogen-bond acceptors (Lipinski definition) is 3. The van der Waals surface area contributed by atoms with Crippen LogP contribution in [0.4, 0.5) is 15.3 Å². The topological polar surface area (TPSA) is 66.5 Å². The third-order valence-corrected chi connectivity index (χ3v) is 1.81. The number of carbonyl (C=O) groups excluding carboxylic acids is 2. The molecule has 1 aromatic carbocycles. The lowest BCUT2D eigenvalue weighted by Gasteiger charge is -2.15. The molecule has 0 aliphatic rings. The van der Waals surface area contributed by atoms with Crippen LogP contribution in [0.3, 0.4) is 0 Å². The Labute approximate surface area is 93.2 Å². The van der Waals surface area contributed by atoms with Crippen molar-refractivity contribution in [2.45, 2.75) is 13.3 Å². The second-order valence-corrected chi connectivity index (χ2v) is 3.05. The van der Waals surface area contributed by atoms with Crippen molar-refractivity contribution in [3.63, 3.8) is 0 Å². The van der Waals surface area contributed by atoms with Gasteiger partial charge in [0.2, 0.25) is 0 Å². The van der Waals surface area contributed by atoms with Gasteiger partial charge in [-0.3, -0.25) is 0 Å². The van der Waals surface area contributed by atoms with Gasteiger partial charge in [-0.05, 0) is 18.6 Å². The van der Waals surface area contributed by atoms with Crippen LogP contribution in [-0.4, -0.2) is 18.8 Å². The SMILES string of the molecule is CCCOC(=O)N(C([O])=O)c1ccccc1. The van der Waals surface area contributed by atoms with E-state index >= 15 is 0 Å². The maximum Gasteiger partial charge on any atom is 0.467 e. The Balaban J connectivity index is 2.84. The largest absolute Gasteiger partial charge is 0.467 e. The van der Waals surface area contributed by atoms with E-state index in [1.165, 1.54) is 12.1 Å².